The molecule has 0 aliphatic carbocycles. The normalized spacial score (nSPS) is 16.4. The van der Waals surface area contributed by atoms with Crippen LogP contribution in [0.15, 0.2) is 22.6 Å². The molecule has 1 fully saturated rings. The number of fused-ring (bicyclic) bond motifs is 1. The Morgan fingerprint density at radius 3 is 2.56 bits per heavy atom. The van der Waals surface area contributed by atoms with E-state index in [2.05, 4.69) is 48.0 Å². The van der Waals surface area contributed by atoms with E-state index in [1.807, 2.05) is 17.7 Å². The fourth-order valence-electron chi connectivity index (χ4n) is 3.71. The summed E-state index contributed by atoms with van der Waals surface area (Å²) in [6.07, 6.45) is 1.92. The quantitative estimate of drug-likeness (QED) is 0.764. The standard InChI is InChI=1S/C20H27N5O2/c1-20(2,3)14-5-6-16-15(11-14)21-19(27-16)25-9-7-13(8-10-25)18-23-22-17(12-26)24(18)4/h5-6,11,13,26H,7-10,12H2,1-4H3. The molecule has 0 saturated carbocycles. The maximum absolute atomic E-state index is 9.31. The third-order valence-corrected chi connectivity index (χ3v) is 5.51. The second kappa shape index (κ2) is 6.64. The summed E-state index contributed by atoms with van der Waals surface area (Å²) in [5, 5.41) is 17.6. The molecule has 7 nitrogen and oxygen atoms in total. The van der Waals surface area contributed by atoms with Gasteiger partial charge in [-0.3, -0.25) is 0 Å². The van der Waals surface area contributed by atoms with Gasteiger partial charge in [-0.15, -0.1) is 10.2 Å². The zero-order valence-electron chi connectivity index (χ0n) is 16.4. The minimum Gasteiger partial charge on any atom is -0.423 e. The zero-order chi connectivity index (χ0) is 19.2. The smallest absolute Gasteiger partial charge is 0.298 e. The van der Waals surface area contributed by atoms with Gasteiger partial charge in [0.15, 0.2) is 11.4 Å². The second-order valence-corrected chi connectivity index (χ2v) is 8.38. The number of aliphatic hydroxyl groups is 1. The predicted molar refractivity (Wildman–Crippen MR) is 104 cm³/mol. The van der Waals surface area contributed by atoms with Crippen LogP contribution in [0.1, 0.15) is 56.7 Å². The Hall–Kier alpha value is -2.41. The number of aromatic nitrogens is 4. The highest BCUT2D eigenvalue weighted by atomic mass is 16.4. The molecule has 2 aromatic heterocycles. The number of rotatable bonds is 3. The van der Waals surface area contributed by atoms with Crippen molar-refractivity contribution in [2.24, 2.45) is 7.05 Å². The Kier molecular flexibility index (Phi) is 4.42. The fourth-order valence-corrected chi connectivity index (χ4v) is 3.71. The first-order chi connectivity index (χ1) is 12.9. The van der Waals surface area contributed by atoms with Crippen LogP contribution in [0.2, 0.25) is 0 Å². The molecule has 27 heavy (non-hydrogen) atoms. The van der Waals surface area contributed by atoms with Crippen LogP contribution in [0.3, 0.4) is 0 Å². The Labute approximate surface area is 159 Å². The minimum absolute atomic E-state index is 0.0815. The van der Waals surface area contributed by atoms with E-state index in [9.17, 15) is 5.11 Å². The van der Waals surface area contributed by atoms with Crippen LogP contribution in [0.5, 0.6) is 0 Å². The topological polar surface area (TPSA) is 80.2 Å². The van der Waals surface area contributed by atoms with E-state index >= 15 is 0 Å². The van der Waals surface area contributed by atoms with E-state index in [1.54, 1.807) is 0 Å². The van der Waals surface area contributed by atoms with Crippen molar-refractivity contribution in [3.05, 3.63) is 35.4 Å². The van der Waals surface area contributed by atoms with Crippen LogP contribution in [0.4, 0.5) is 6.01 Å². The van der Waals surface area contributed by atoms with Crippen molar-refractivity contribution >= 4 is 17.1 Å². The molecule has 3 aromatic rings. The van der Waals surface area contributed by atoms with E-state index < -0.39 is 0 Å². The molecule has 3 heterocycles. The Balaban J connectivity index is 1.50. The monoisotopic (exact) mass is 369 g/mol. The van der Waals surface area contributed by atoms with Gasteiger partial charge in [-0.2, -0.15) is 4.98 Å². The lowest BCUT2D eigenvalue weighted by Crippen LogP contribution is -2.33. The van der Waals surface area contributed by atoms with Crippen molar-refractivity contribution in [2.45, 2.75) is 51.6 Å². The Morgan fingerprint density at radius 2 is 1.93 bits per heavy atom. The molecule has 0 atom stereocenters. The molecular formula is C20H27N5O2. The summed E-state index contributed by atoms with van der Waals surface area (Å²) in [6, 6.07) is 6.97. The van der Waals surface area contributed by atoms with Crippen molar-refractivity contribution in [1.82, 2.24) is 19.7 Å². The number of hydrogen-bond acceptors (Lipinski definition) is 6. The summed E-state index contributed by atoms with van der Waals surface area (Å²) < 4.78 is 7.92. The third kappa shape index (κ3) is 3.32. The van der Waals surface area contributed by atoms with Gasteiger partial charge in [0, 0.05) is 26.1 Å². The van der Waals surface area contributed by atoms with E-state index in [4.69, 9.17) is 9.40 Å². The summed E-state index contributed by atoms with van der Waals surface area (Å²) in [6.45, 7) is 8.26. The number of anilines is 1. The largest absolute Gasteiger partial charge is 0.423 e. The molecule has 1 aliphatic heterocycles. The summed E-state index contributed by atoms with van der Waals surface area (Å²) in [4.78, 5) is 6.94. The van der Waals surface area contributed by atoms with Crippen LogP contribution < -0.4 is 4.90 Å². The highest BCUT2D eigenvalue weighted by Crippen LogP contribution is 2.32. The number of nitrogens with zero attached hydrogens (tertiary/aromatic N) is 5. The lowest BCUT2D eigenvalue weighted by Gasteiger charge is -2.30. The SMILES string of the molecule is Cn1c(CO)nnc1C1CCN(c2nc3cc(C(C)(C)C)ccc3o2)CC1. The molecule has 0 bridgehead atoms. The first kappa shape index (κ1) is 18.0. The number of oxazole rings is 1. The van der Waals surface area contributed by atoms with Gasteiger partial charge < -0.3 is 19.0 Å². The highest BCUT2D eigenvalue weighted by Gasteiger charge is 2.27. The van der Waals surface area contributed by atoms with Crippen LogP contribution in [0.25, 0.3) is 11.1 Å². The Morgan fingerprint density at radius 1 is 1.19 bits per heavy atom. The number of piperidine rings is 1. The predicted octanol–water partition coefficient (Wildman–Crippen LogP) is 3.13. The second-order valence-electron chi connectivity index (χ2n) is 8.38. The lowest BCUT2D eigenvalue weighted by atomic mass is 9.87. The Bertz CT molecular complexity index is 945. The zero-order valence-corrected chi connectivity index (χ0v) is 16.4. The van der Waals surface area contributed by atoms with Crippen molar-refractivity contribution < 1.29 is 9.52 Å². The maximum Gasteiger partial charge on any atom is 0.298 e. The number of hydrogen-bond donors (Lipinski definition) is 1. The first-order valence-electron chi connectivity index (χ1n) is 9.52. The molecule has 0 spiro atoms. The molecule has 4 rings (SSSR count). The van der Waals surface area contributed by atoms with Gasteiger partial charge >= 0.3 is 0 Å². The summed E-state index contributed by atoms with van der Waals surface area (Å²) >= 11 is 0. The average Bonchev–Trinajstić information content (AvgIpc) is 3.23. The lowest BCUT2D eigenvalue weighted by molar-refractivity contribution is 0.266. The summed E-state index contributed by atoms with van der Waals surface area (Å²) in [5.74, 6) is 1.91. The van der Waals surface area contributed by atoms with Gasteiger partial charge in [0.2, 0.25) is 0 Å². The summed E-state index contributed by atoms with van der Waals surface area (Å²) in [5.41, 5.74) is 3.10. The van der Waals surface area contributed by atoms with Gasteiger partial charge in [0.05, 0.1) is 0 Å². The van der Waals surface area contributed by atoms with Crippen molar-refractivity contribution in [3.63, 3.8) is 0 Å². The van der Waals surface area contributed by atoms with Gasteiger partial charge in [0.1, 0.15) is 17.9 Å². The van der Waals surface area contributed by atoms with Gasteiger partial charge in [-0.1, -0.05) is 26.8 Å². The molecule has 1 saturated heterocycles. The molecule has 1 N–H and O–H groups in total. The van der Waals surface area contributed by atoms with E-state index in [1.165, 1.54) is 5.56 Å². The molecule has 1 aliphatic rings. The molecule has 144 valence electrons. The third-order valence-electron chi connectivity index (χ3n) is 5.51. The molecule has 0 radical (unpaired) electrons. The van der Waals surface area contributed by atoms with E-state index in [-0.39, 0.29) is 12.0 Å². The summed E-state index contributed by atoms with van der Waals surface area (Å²) in [7, 11) is 1.92. The van der Waals surface area contributed by atoms with E-state index in [0.29, 0.717) is 17.8 Å². The average molecular weight is 369 g/mol. The molecule has 0 unspecified atom stereocenters. The fraction of sp³-hybridized carbons (Fsp3) is 0.550. The highest BCUT2D eigenvalue weighted by molar-refractivity contribution is 5.75. The van der Waals surface area contributed by atoms with Crippen LogP contribution in [0, 0.1) is 0 Å². The minimum atomic E-state index is -0.0815. The van der Waals surface area contributed by atoms with Crippen LogP contribution >= 0.6 is 0 Å². The number of aliphatic hydroxyl groups excluding tert-OH is 1. The number of benzene rings is 1. The van der Waals surface area contributed by atoms with Gasteiger partial charge in [-0.25, -0.2) is 0 Å². The van der Waals surface area contributed by atoms with Gasteiger partial charge in [-0.05, 0) is 36.0 Å². The van der Waals surface area contributed by atoms with Gasteiger partial charge in [0.25, 0.3) is 6.01 Å². The molecule has 1 aromatic carbocycles. The molecule has 7 heteroatoms. The van der Waals surface area contributed by atoms with Crippen molar-refractivity contribution in [3.8, 4) is 0 Å². The maximum atomic E-state index is 9.31. The van der Waals surface area contributed by atoms with E-state index in [0.717, 1.165) is 42.9 Å². The van der Waals surface area contributed by atoms with Crippen molar-refractivity contribution in [2.75, 3.05) is 18.0 Å². The first-order valence-corrected chi connectivity index (χ1v) is 9.52. The van der Waals surface area contributed by atoms with Crippen LogP contribution in [-0.2, 0) is 19.1 Å². The van der Waals surface area contributed by atoms with Crippen LogP contribution in [-0.4, -0.2) is 37.9 Å². The van der Waals surface area contributed by atoms with Crippen molar-refractivity contribution in [1.29, 1.82) is 0 Å². The molecule has 0 amide bonds. The molecular weight excluding hydrogens is 342 g/mol.